The van der Waals surface area contributed by atoms with Gasteiger partial charge in [0.2, 0.25) is 5.91 Å². The summed E-state index contributed by atoms with van der Waals surface area (Å²) in [5, 5.41) is 4.02. The Morgan fingerprint density at radius 2 is 2.18 bits per heavy atom. The predicted octanol–water partition coefficient (Wildman–Crippen LogP) is 4.49. The Balaban J connectivity index is 1.63. The zero-order valence-corrected chi connectivity index (χ0v) is 17.7. The zero-order chi connectivity index (χ0) is 20.0. The van der Waals surface area contributed by atoms with Gasteiger partial charge in [-0.3, -0.25) is 14.2 Å². The molecular formula is C21H22ClN3O2S. The van der Waals surface area contributed by atoms with E-state index in [1.165, 1.54) is 15.8 Å². The molecule has 146 valence electrons. The van der Waals surface area contributed by atoms with Crippen LogP contribution in [0.4, 0.5) is 5.69 Å². The van der Waals surface area contributed by atoms with Crippen molar-refractivity contribution in [2.45, 2.75) is 46.6 Å². The molecule has 1 aliphatic rings. The maximum atomic E-state index is 13.0. The van der Waals surface area contributed by atoms with E-state index in [0.29, 0.717) is 22.0 Å². The Labute approximate surface area is 172 Å². The van der Waals surface area contributed by atoms with Crippen LogP contribution in [0.2, 0.25) is 5.02 Å². The Morgan fingerprint density at radius 1 is 1.39 bits per heavy atom. The van der Waals surface area contributed by atoms with Crippen LogP contribution in [-0.4, -0.2) is 15.5 Å². The normalized spacial score (nSPS) is 16.2. The van der Waals surface area contributed by atoms with E-state index in [-0.39, 0.29) is 18.0 Å². The Kier molecular flexibility index (Phi) is 5.02. The van der Waals surface area contributed by atoms with Crippen molar-refractivity contribution in [3.63, 3.8) is 0 Å². The molecule has 7 heteroatoms. The number of carbonyl (C=O) groups excluding carboxylic acids is 1. The minimum atomic E-state index is -0.296. The van der Waals surface area contributed by atoms with Gasteiger partial charge in [-0.15, -0.1) is 11.3 Å². The molecule has 0 aliphatic heterocycles. The molecule has 1 amide bonds. The number of thiophene rings is 1. The largest absolute Gasteiger partial charge is 0.323 e. The number of amides is 1. The van der Waals surface area contributed by atoms with Crippen molar-refractivity contribution in [1.82, 2.24) is 9.55 Å². The Morgan fingerprint density at radius 3 is 2.93 bits per heavy atom. The highest BCUT2D eigenvalue weighted by Crippen LogP contribution is 2.35. The average Bonchev–Trinajstić information content (AvgIpc) is 2.98. The minimum absolute atomic E-state index is 0.0908. The second kappa shape index (κ2) is 7.33. The molecule has 4 rings (SSSR count). The minimum Gasteiger partial charge on any atom is -0.323 e. The molecule has 0 bridgehead atoms. The number of aromatic nitrogens is 2. The fraction of sp³-hybridized carbons (Fsp3) is 0.381. The summed E-state index contributed by atoms with van der Waals surface area (Å²) in [5.41, 5.74) is 3.49. The van der Waals surface area contributed by atoms with Crippen LogP contribution in [0.5, 0.6) is 0 Å². The fourth-order valence-corrected chi connectivity index (χ4v) is 5.60. The lowest BCUT2D eigenvalue weighted by Gasteiger charge is -2.17. The number of nitrogens with one attached hydrogen (secondary N) is 1. The van der Waals surface area contributed by atoms with Gasteiger partial charge < -0.3 is 5.32 Å². The van der Waals surface area contributed by atoms with Crippen LogP contribution in [0, 0.1) is 19.8 Å². The quantitative estimate of drug-likeness (QED) is 0.685. The van der Waals surface area contributed by atoms with Gasteiger partial charge in [-0.2, -0.15) is 0 Å². The molecule has 0 unspecified atom stereocenters. The predicted molar refractivity (Wildman–Crippen MR) is 115 cm³/mol. The molecule has 2 aromatic heterocycles. The number of hydrogen-bond donors (Lipinski definition) is 1. The molecule has 0 saturated heterocycles. The van der Waals surface area contributed by atoms with Gasteiger partial charge in [0.1, 0.15) is 11.4 Å². The van der Waals surface area contributed by atoms with Crippen LogP contribution >= 0.6 is 22.9 Å². The van der Waals surface area contributed by atoms with Gasteiger partial charge in [0, 0.05) is 4.88 Å². The third-order valence-corrected chi connectivity index (χ3v) is 6.75. The number of nitrogens with zero attached hydrogens (tertiary/aromatic N) is 2. The second-order valence-corrected chi connectivity index (χ2v) is 9.19. The number of fused-ring (bicyclic) bond motifs is 3. The molecule has 0 radical (unpaired) electrons. The molecule has 1 aromatic carbocycles. The number of hydrogen-bond acceptors (Lipinski definition) is 4. The Hall–Kier alpha value is -2.18. The van der Waals surface area contributed by atoms with Gasteiger partial charge in [0.15, 0.2) is 0 Å². The number of carbonyl (C=O) groups is 1. The SMILES string of the molecule is Cc1cc(C)c(NC(=O)Cn2cnc3sc4c(c3c2=O)CC[C@H](C)C4)c(Cl)c1. The van der Waals surface area contributed by atoms with Crippen molar-refractivity contribution in [1.29, 1.82) is 0 Å². The highest BCUT2D eigenvalue weighted by atomic mass is 35.5. The third-order valence-electron chi connectivity index (χ3n) is 5.29. The molecule has 3 aromatic rings. The second-order valence-electron chi connectivity index (χ2n) is 7.70. The number of rotatable bonds is 3. The number of aryl methyl sites for hydroxylation is 3. The van der Waals surface area contributed by atoms with Crippen molar-refractivity contribution in [2.75, 3.05) is 5.32 Å². The zero-order valence-electron chi connectivity index (χ0n) is 16.1. The number of halogens is 1. The number of benzene rings is 1. The van der Waals surface area contributed by atoms with Gasteiger partial charge in [-0.1, -0.05) is 24.6 Å². The molecule has 28 heavy (non-hydrogen) atoms. The van der Waals surface area contributed by atoms with Crippen LogP contribution in [-0.2, 0) is 24.2 Å². The van der Waals surface area contributed by atoms with E-state index in [0.717, 1.165) is 40.8 Å². The molecule has 2 heterocycles. The number of anilines is 1. The first-order valence-electron chi connectivity index (χ1n) is 9.39. The van der Waals surface area contributed by atoms with Gasteiger partial charge in [0.25, 0.3) is 5.56 Å². The summed E-state index contributed by atoms with van der Waals surface area (Å²) >= 11 is 7.88. The lowest BCUT2D eigenvalue weighted by molar-refractivity contribution is -0.116. The van der Waals surface area contributed by atoms with Crippen molar-refractivity contribution < 1.29 is 4.79 Å². The van der Waals surface area contributed by atoms with E-state index in [1.807, 2.05) is 26.0 Å². The Bertz CT molecular complexity index is 1130. The van der Waals surface area contributed by atoms with Crippen LogP contribution in [0.1, 0.15) is 34.9 Å². The third kappa shape index (κ3) is 3.47. The van der Waals surface area contributed by atoms with E-state index in [9.17, 15) is 9.59 Å². The molecule has 1 N–H and O–H groups in total. The van der Waals surface area contributed by atoms with E-state index in [2.05, 4.69) is 17.2 Å². The topological polar surface area (TPSA) is 64.0 Å². The molecule has 5 nitrogen and oxygen atoms in total. The van der Waals surface area contributed by atoms with Crippen molar-refractivity contribution >= 4 is 44.7 Å². The maximum absolute atomic E-state index is 13.0. The highest BCUT2D eigenvalue weighted by molar-refractivity contribution is 7.18. The summed E-state index contributed by atoms with van der Waals surface area (Å²) < 4.78 is 1.39. The van der Waals surface area contributed by atoms with Crippen LogP contribution in [0.25, 0.3) is 10.2 Å². The first-order valence-corrected chi connectivity index (χ1v) is 10.6. The average molecular weight is 416 g/mol. The standard InChI is InChI=1S/C21H22ClN3O2S/c1-11-4-5-14-16(8-11)28-20-18(14)21(27)25(10-23-20)9-17(26)24-19-13(3)6-12(2)7-15(19)22/h6-7,10-11H,4-5,8-9H2,1-3H3,(H,24,26)/t11-/m0/s1. The summed E-state index contributed by atoms with van der Waals surface area (Å²) in [6.07, 6.45) is 4.46. The van der Waals surface area contributed by atoms with E-state index in [4.69, 9.17) is 11.6 Å². The van der Waals surface area contributed by atoms with E-state index in [1.54, 1.807) is 11.3 Å². The van der Waals surface area contributed by atoms with E-state index >= 15 is 0 Å². The maximum Gasteiger partial charge on any atom is 0.262 e. The summed E-state index contributed by atoms with van der Waals surface area (Å²) in [5.74, 6) is 0.339. The summed E-state index contributed by atoms with van der Waals surface area (Å²) in [4.78, 5) is 32.1. The summed E-state index contributed by atoms with van der Waals surface area (Å²) in [6.45, 7) is 5.99. The van der Waals surface area contributed by atoms with Crippen LogP contribution in [0.15, 0.2) is 23.3 Å². The van der Waals surface area contributed by atoms with Crippen LogP contribution < -0.4 is 10.9 Å². The van der Waals surface area contributed by atoms with E-state index < -0.39 is 0 Å². The van der Waals surface area contributed by atoms with Gasteiger partial charge in [-0.05, 0) is 61.8 Å². The van der Waals surface area contributed by atoms with Crippen molar-refractivity contribution in [3.8, 4) is 0 Å². The smallest absolute Gasteiger partial charge is 0.262 e. The van der Waals surface area contributed by atoms with Gasteiger partial charge in [0.05, 0.1) is 22.4 Å². The van der Waals surface area contributed by atoms with Crippen molar-refractivity contribution in [2.24, 2.45) is 5.92 Å². The first-order chi connectivity index (χ1) is 13.3. The molecule has 0 fully saturated rings. The van der Waals surface area contributed by atoms with Gasteiger partial charge in [-0.25, -0.2) is 4.98 Å². The fourth-order valence-electron chi connectivity index (χ4n) is 3.89. The molecule has 0 saturated carbocycles. The van der Waals surface area contributed by atoms with Crippen molar-refractivity contribution in [3.05, 3.63) is 55.4 Å². The molecule has 1 atom stereocenters. The van der Waals surface area contributed by atoms with Crippen LogP contribution in [0.3, 0.4) is 0 Å². The monoisotopic (exact) mass is 415 g/mol. The highest BCUT2D eigenvalue weighted by Gasteiger charge is 2.23. The summed E-state index contributed by atoms with van der Waals surface area (Å²) in [7, 11) is 0. The molecule has 1 aliphatic carbocycles. The van der Waals surface area contributed by atoms with Gasteiger partial charge >= 0.3 is 0 Å². The summed E-state index contributed by atoms with van der Waals surface area (Å²) in [6, 6.07) is 3.77. The molecular weight excluding hydrogens is 394 g/mol. The first kappa shape index (κ1) is 19.2. The molecule has 0 spiro atoms. The lowest BCUT2D eigenvalue weighted by atomic mass is 9.89. The lowest BCUT2D eigenvalue weighted by Crippen LogP contribution is -2.28.